The molecule has 0 saturated heterocycles. The summed E-state index contributed by atoms with van der Waals surface area (Å²) in [5, 5.41) is 5.08. The van der Waals surface area contributed by atoms with Gasteiger partial charge >= 0.3 is 0 Å². The minimum Gasteiger partial charge on any atom is -0.371 e. The highest BCUT2D eigenvalue weighted by Gasteiger charge is 2.00. The molecule has 0 aliphatic carbocycles. The molecule has 0 aromatic carbocycles. The van der Waals surface area contributed by atoms with E-state index in [0.717, 1.165) is 6.54 Å². The Morgan fingerprint density at radius 2 is 2.86 bits per heavy atom. The highest BCUT2D eigenvalue weighted by Crippen LogP contribution is 1.85. The van der Waals surface area contributed by atoms with Crippen LogP contribution in [0.25, 0.3) is 0 Å². The van der Waals surface area contributed by atoms with Crippen molar-refractivity contribution in [3.63, 3.8) is 0 Å². The Morgan fingerprint density at radius 1 is 2.00 bits per heavy atom. The van der Waals surface area contributed by atoms with Gasteiger partial charge in [0, 0.05) is 0 Å². The Bertz CT molecular complexity index is 74.2. The number of hydrazine groups is 1. The highest BCUT2D eigenvalue weighted by molar-refractivity contribution is 5.46. The van der Waals surface area contributed by atoms with E-state index >= 15 is 0 Å². The van der Waals surface area contributed by atoms with Crippen molar-refractivity contribution in [3.05, 3.63) is 0 Å². The van der Waals surface area contributed by atoms with Gasteiger partial charge in [0.25, 0.3) is 0 Å². The van der Waals surface area contributed by atoms with Crippen molar-refractivity contribution in [2.45, 2.75) is 6.92 Å². The van der Waals surface area contributed by atoms with Gasteiger partial charge in [-0.3, -0.25) is 0 Å². The molecule has 0 spiro atoms. The summed E-state index contributed by atoms with van der Waals surface area (Å²) in [6, 6.07) is 0. The molecule has 40 valence electrons. The lowest BCUT2D eigenvalue weighted by Gasteiger charge is -2.06. The standard InChI is InChI=1S/C3H7N3O/c1-2-6-5-4-3-7-6/h3,5H,2H2,1H3. The van der Waals surface area contributed by atoms with E-state index in [0.29, 0.717) is 0 Å². The van der Waals surface area contributed by atoms with Gasteiger partial charge in [0.15, 0.2) is 0 Å². The maximum atomic E-state index is 4.73. The predicted octanol–water partition coefficient (Wildman–Crippen LogP) is -0.299. The second-order valence-electron chi connectivity index (χ2n) is 1.13. The van der Waals surface area contributed by atoms with Gasteiger partial charge in [0.1, 0.15) is 0 Å². The first-order valence-corrected chi connectivity index (χ1v) is 2.15. The Morgan fingerprint density at radius 3 is 3.14 bits per heavy atom. The molecule has 4 nitrogen and oxygen atoms in total. The average Bonchev–Trinajstić information content (AvgIpc) is 2.14. The monoisotopic (exact) mass is 101 g/mol. The second kappa shape index (κ2) is 1.79. The molecule has 0 atom stereocenters. The molecule has 1 heterocycles. The molecular weight excluding hydrogens is 94.1 g/mol. The molecule has 1 aliphatic heterocycles. The first-order chi connectivity index (χ1) is 3.43. The van der Waals surface area contributed by atoms with Crippen LogP contribution in [0.3, 0.4) is 0 Å². The van der Waals surface area contributed by atoms with Crippen LogP contribution < -0.4 is 5.53 Å². The quantitative estimate of drug-likeness (QED) is 0.492. The van der Waals surface area contributed by atoms with Gasteiger partial charge in [-0.1, -0.05) is 0 Å². The summed E-state index contributed by atoms with van der Waals surface area (Å²) in [6.07, 6.45) is 1.35. The Kier molecular flexibility index (Phi) is 1.12. The van der Waals surface area contributed by atoms with Crippen molar-refractivity contribution < 1.29 is 4.84 Å². The van der Waals surface area contributed by atoms with Crippen LogP contribution in [0.1, 0.15) is 6.92 Å². The number of nitrogens with one attached hydrogen (secondary N) is 1. The fourth-order valence-corrected chi connectivity index (χ4v) is 0.337. The Balaban J connectivity index is 2.22. The van der Waals surface area contributed by atoms with Crippen molar-refractivity contribution in [2.24, 2.45) is 5.10 Å². The van der Waals surface area contributed by atoms with Crippen molar-refractivity contribution in [1.29, 1.82) is 0 Å². The topological polar surface area (TPSA) is 36.9 Å². The van der Waals surface area contributed by atoms with Crippen LogP contribution in [0.5, 0.6) is 0 Å². The number of hydrogen-bond acceptors (Lipinski definition) is 4. The van der Waals surface area contributed by atoms with E-state index in [1.165, 1.54) is 11.6 Å². The van der Waals surface area contributed by atoms with Gasteiger partial charge in [0.2, 0.25) is 6.40 Å². The summed E-state index contributed by atoms with van der Waals surface area (Å²) < 4.78 is 0. The third-order valence-electron chi connectivity index (χ3n) is 0.684. The molecule has 1 N–H and O–H groups in total. The van der Waals surface area contributed by atoms with E-state index < -0.39 is 0 Å². The maximum absolute atomic E-state index is 4.73. The van der Waals surface area contributed by atoms with Crippen LogP contribution in [0, 0.1) is 0 Å². The minimum atomic E-state index is 0.792. The van der Waals surface area contributed by atoms with Crippen LogP contribution in [0.4, 0.5) is 0 Å². The first-order valence-electron chi connectivity index (χ1n) is 2.15. The number of hydrogen-bond donors (Lipinski definition) is 1. The summed E-state index contributed by atoms with van der Waals surface area (Å²) in [5.74, 6) is 0. The van der Waals surface area contributed by atoms with E-state index in [1.807, 2.05) is 6.92 Å². The Labute approximate surface area is 41.7 Å². The average molecular weight is 101 g/mol. The van der Waals surface area contributed by atoms with Crippen molar-refractivity contribution in [2.75, 3.05) is 6.54 Å². The van der Waals surface area contributed by atoms with Gasteiger partial charge < -0.3 is 4.84 Å². The third kappa shape index (κ3) is 0.806. The largest absolute Gasteiger partial charge is 0.371 e. The lowest BCUT2D eigenvalue weighted by molar-refractivity contribution is -0.0842. The SMILES string of the molecule is CCN1NN=CO1. The van der Waals surface area contributed by atoms with Crippen molar-refractivity contribution in [1.82, 2.24) is 10.7 Å². The molecule has 0 fully saturated rings. The summed E-state index contributed by atoms with van der Waals surface area (Å²) in [4.78, 5) is 4.73. The van der Waals surface area contributed by atoms with Crippen LogP contribution in [-0.2, 0) is 4.84 Å². The van der Waals surface area contributed by atoms with E-state index in [9.17, 15) is 0 Å². The van der Waals surface area contributed by atoms with Crippen LogP contribution in [0.2, 0.25) is 0 Å². The van der Waals surface area contributed by atoms with Crippen LogP contribution >= 0.6 is 0 Å². The highest BCUT2D eigenvalue weighted by atomic mass is 16.7. The zero-order chi connectivity index (χ0) is 5.11. The zero-order valence-electron chi connectivity index (χ0n) is 4.09. The number of hydrazone groups is 1. The summed E-state index contributed by atoms with van der Waals surface area (Å²) in [6.45, 7) is 2.75. The summed E-state index contributed by atoms with van der Waals surface area (Å²) in [5.41, 5.74) is 2.59. The van der Waals surface area contributed by atoms with Gasteiger partial charge in [-0.2, -0.15) is 0 Å². The molecule has 1 aliphatic rings. The molecule has 0 bridgehead atoms. The molecule has 0 unspecified atom stereocenters. The minimum absolute atomic E-state index is 0.792. The van der Waals surface area contributed by atoms with Crippen LogP contribution in [0.15, 0.2) is 5.10 Å². The molecule has 4 heteroatoms. The smallest absolute Gasteiger partial charge is 0.222 e. The van der Waals surface area contributed by atoms with Crippen LogP contribution in [-0.4, -0.2) is 18.1 Å². The van der Waals surface area contributed by atoms with Gasteiger partial charge in [0.05, 0.1) is 6.54 Å². The second-order valence-corrected chi connectivity index (χ2v) is 1.13. The van der Waals surface area contributed by atoms with E-state index in [1.54, 1.807) is 0 Å². The van der Waals surface area contributed by atoms with Gasteiger partial charge in [-0.05, 0) is 12.1 Å². The molecule has 1 rings (SSSR count). The fraction of sp³-hybridized carbons (Fsp3) is 0.667. The lowest BCUT2D eigenvalue weighted by atomic mass is 10.8. The normalized spacial score (nSPS) is 19.0. The van der Waals surface area contributed by atoms with E-state index in [4.69, 9.17) is 4.84 Å². The van der Waals surface area contributed by atoms with Gasteiger partial charge in [-0.25, -0.2) is 5.53 Å². The number of rotatable bonds is 1. The molecular formula is C3H7N3O. The molecule has 0 aromatic heterocycles. The first kappa shape index (κ1) is 4.39. The van der Waals surface area contributed by atoms with Gasteiger partial charge in [-0.15, -0.1) is 5.10 Å². The molecule has 7 heavy (non-hydrogen) atoms. The van der Waals surface area contributed by atoms with E-state index in [2.05, 4.69) is 10.6 Å². The Hall–Kier alpha value is -0.770. The maximum Gasteiger partial charge on any atom is 0.222 e. The zero-order valence-corrected chi connectivity index (χ0v) is 4.09. The lowest BCUT2D eigenvalue weighted by Crippen LogP contribution is -2.27. The third-order valence-corrected chi connectivity index (χ3v) is 0.684. The fourth-order valence-electron chi connectivity index (χ4n) is 0.337. The number of nitrogens with zero attached hydrogens (tertiary/aromatic N) is 2. The number of hydroxylamine groups is 1. The molecule has 0 aromatic rings. The summed E-state index contributed by atoms with van der Waals surface area (Å²) in [7, 11) is 0. The van der Waals surface area contributed by atoms with Crippen molar-refractivity contribution >= 4 is 6.40 Å². The molecule has 0 saturated carbocycles. The van der Waals surface area contributed by atoms with Crippen molar-refractivity contribution in [3.8, 4) is 0 Å². The molecule has 0 radical (unpaired) electrons. The predicted molar refractivity (Wildman–Crippen MR) is 25.1 cm³/mol. The van der Waals surface area contributed by atoms with E-state index in [-0.39, 0.29) is 0 Å². The summed E-state index contributed by atoms with van der Waals surface area (Å²) >= 11 is 0. The molecule has 0 amide bonds.